The minimum absolute atomic E-state index is 0.299. The average Bonchev–Trinajstić information content (AvgIpc) is 2.12. The van der Waals surface area contributed by atoms with Gasteiger partial charge in [-0.15, -0.1) is 0 Å². The summed E-state index contributed by atoms with van der Waals surface area (Å²) in [6.45, 7) is 0. The van der Waals surface area contributed by atoms with Gasteiger partial charge in [0, 0.05) is 11.1 Å². The standard InChI is InChI=1S/C10H8ClF6N/c11-7-2-5(8(18)4-9(12,13)14)1-6(3-7)10(15,16)17/h1-3,8H,4,18H2/t8-/m1/s1. The lowest BCUT2D eigenvalue weighted by Gasteiger charge is -2.16. The van der Waals surface area contributed by atoms with Crippen LogP contribution in [0.25, 0.3) is 0 Å². The maximum absolute atomic E-state index is 12.4. The van der Waals surface area contributed by atoms with Crippen LogP contribution in [-0.4, -0.2) is 6.18 Å². The maximum Gasteiger partial charge on any atom is 0.416 e. The molecule has 1 aromatic rings. The molecule has 102 valence electrons. The van der Waals surface area contributed by atoms with E-state index < -0.39 is 30.4 Å². The van der Waals surface area contributed by atoms with Gasteiger partial charge >= 0.3 is 12.4 Å². The zero-order chi connectivity index (χ0) is 14.1. The molecule has 0 aliphatic carbocycles. The van der Waals surface area contributed by atoms with Crippen LogP contribution in [0.5, 0.6) is 0 Å². The average molecular weight is 292 g/mol. The summed E-state index contributed by atoms with van der Waals surface area (Å²) in [4.78, 5) is 0. The first-order valence-corrected chi connectivity index (χ1v) is 5.07. The van der Waals surface area contributed by atoms with Crippen LogP contribution in [0.1, 0.15) is 23.6 Å². The first-order chi connectivity index (χ1) is 7.99. The molecular formula is C10H8ClF6N. The Morgan fingerprint density at radius 2 is 1.61 bits per heavy atom. The molecule has 2 N–H and O–H groups in total. The van der Waals surface area contributed by atoms with Gasteiger partial charge in [0.1, 0.15) is 0 Å². The van der Waals surface area contributed by atoms with E-state index >= 15 is 0 Å². The van der Waals surface area contributed by atoms with Gasteiger partial charge in [0.2, 0.25) is 0 Å². The van der Waals surface area contributed by atoms with Crippen LogP contribution in [-0.2, 0) is 6.18 Å². The van der Waals surface area contributed by atoms with Crippen molar-refractivity contribution in [2.24, 2.45) is 5.73 Å². The normalized spacial score (nSPS) is 14.7. The van der Waals surface area contributed by atoms with Crippen LogP contribution in [0.4, 0.5) is 26.3 Å². The monoisotopic (exact) mass is 291 g/mol. The molecule has 0 bridgehead atoms. The highest BCUT2D eigenvalue weighted by atomic mass is 35.5. The fraction of sp³-hybridized carbons (Fsp3) is 0.400. The van der Waals surface area contributed by atoms with E-state index in [2.05, 4.69) is 0 Å². The van der Waals surface area contributed by atoms with E-state index in [1.807, 2.05) is 0 Å². The van der Waals surface area contributed by atoms with Crippen LogP contribution in [0.2, 0.25) is 5.02 Å². The summed E-state index contributed by atoms with van der Waals surface area (Å²) in [6, 6.07) is 0.616. The van der Waals surface area contributed by atoms with Crippen molar-refractivity contribution in [2.75, 3.05) is 0 Å². The first kappa shape index (κ1) is 15.1. The van der Waals surface area contributed by atoms with Gasteiger partial charge in [-0.25, -0.2) is 0 Å². The molecule has 0 unspecified atom stereocenters. The molecule has 8 heteroatoms. The van der Waals surface area contributed by atoms with Crippen molar-refractivity contribution in [3.63, 3.8) is 0 Å². The van der Waals surface area contributed by atoms with Crippen molar-refractivity contribution in [1.82, 2.24) is 0 Å². The Balaban J connectivity index is 3.07. The fourth-order valence-electron chi connectivity index (χ4n) is 1.36. The van der Waals surface area contributed by atoms with E-state index in [4.69, 9.17) is 17.3 Å². The molecule has 0 aromatic heterocycles. The van der Waals surface area contributed by atoms with E-state index in [1.165, 1.54) is 0 Å². The quantitative estimate of drug-likeness (QED) is 0.807. The number of rotatable bonds is 2. The molecule has 0 fully saturated rings. The van der Waals surface area contributed by atoms with Gasteiger partial charge in [-0.1, -0.05) is 11.6 Å². The molecule has 0 saturated heterocycles. The molecule has 1 nitrogen and oxygen atoms in total. The summed E-state index contributed by atoms with van der Waals surface area (Å²) in [6.07, 6.45) is -10.7. The zero-order valence-corrected chi connectivity index (χ0v) is 9.50. The van der Waals surface area contributed by atoms with Gasteiger partial charge in [0.05, 0.1) is 12.0 Å². The summed E-state index contributed by atoms with van der Waals surface area (Å²) in [5.41, 5.74) is 3.79. The summed E-state index contributed by atoms with van der Waals surface area (Å²) in [7, 11) is 0. The number of nitrogens with two attached hydrogens (primary N) is 1. The Hall–Kier alpha value is -0.950. The number of hydrogen-bond donors (Lipinski definition) is 1. The lowest BCUT2D eigenvalue weighted by molar-refractivity contribution is -0.138. The highest BCUT2D eigenvalue weighted by Gasteiger charge is 2.34. The number of benzene rings is 1. The van der Waals surface area contributed by atoms with Crippen molar-refractivity contribution in [3.8, 4) is 0 Å². The third-order valence-electron chi connectivity index (χ3n) is 2.13. The molecule has 0 heterocycles. The van der Waals surface area contributed by atoms with E-state index in [0.717, 1.165) is 6.07 Å². The minimum Gasteiger partial charge on any atom is -0.324 e. The third-order valence-corrected chi connectivity index (χ3v) is 2.35. The Kier molecular flexibility index (Phi) is 4.17. The van der Waals surface area contributed by atoms with E-state index in [0.29, 0.717) is 12.1 Å². The molecule has 1 rings (SSSR count). The van der Waals surface area contributed by atoms with Crippen molar-refractivity contribution < 1.29 is 26.3 Å². The number of halogens is 7. The van der Waals surface area contributed by atoms with E-state index in [1.54, 1.807) is 0 Å². The maximum atomic E-state index is 12.4. The molecular weight excluding hydrogens is 284 g/mol. The van der Waals surface area contributed by atoms with E-state index in [-0.39, 0.29) is 10.6 Å². The summed E-state index contributed by atoms with van der Waals surface area (Å²) >= 11 is 5.43. The van der Waals surface area contributed by atoms with Crippen LogP contribution < -0.4 is 5.73 Å². The molecule has 1 aromatic carbocycles. The summed E-state index contributed by atoms with van der Waals surface area (Å²) in [5, 5.41) is -0.308. The molecule has 0 saturated carbocycles. The van der Waals surface area contributed by atoms with Crippen molar-refractivity contribution >= 4 is 11.6 Å². The molecule has 1 atom stereocenters. The van der Waals surface area contributed by atoms with Gasteiger partial charge in [0.25, 0.3) is 0 Å². The SMILES string of the molecule is N[C@H](CC(F)(F)F)c1cc(Cl)cc(C(F)(F)F)c1. The van der Waals surface area contributed by atoms with E-state index in [9.17, 15) is 26.3 Å². The summed E-state index contributed by atoms with van der Waals surface area (Å²) in [5.74, 6) is 0. The van der Waals surface area contributed by atoms with Gasteiger partial charge in [0.15, 0.2) is 0 Å². The second-order valence-electron chi connectivity index (χ2n) is 3.70. The topological polar surface area (TPSA) is 26.0 Å². The second kappa shape index (κ2) is 4.97. The largest absolute Gasteiger partial charge is 0.416 e. The Bertz CT molecular complexity index is 425. The molecule has 0 aliphatic heterocycles. The molecule has 18 heavy (non-hydrogen) atoms. The highest BCUT2D eigenvalue weighted by molar-refractivity contribution is 6.30. The third kappa shape index (κ3) is 4.38. The smallest absolute Gasteiger partial charge is 0.324 e. The Morgan fingerprint density at radius 1 is 1.06 bits per heavy atom. The predicted octanol–water partition coefficient (Wildman–Crippen LogP) is 4.31. The highest BCUT2D eigenvalue weighted by Crippen LogP contribution is 2.35. The van der Waals surface area contributed by atoms with Gasteiger partial charge < -0.3 is 5.73 Å². The van der Waals surface area contributed by atoms with Crippen molar-refractivity contribution in [3.05, 3.63) is 34.3 Å². The zero-order valence-electron chi connectivity index (χ0n) is 8.74. The molecule has 0 radical (unpaired) electrons. The van der Waals surface area contributed by atoms with Gasteiger partial charge in [-0.05, 0) is 23.8 Å². The molecule has 0 aliphatic rings. The molecule has 0 spiro atoms. The van der Waals surface area contributed by atoms with Gasteiger partial charge in [-0.3, -0.25) is 0 Å². The Morgan fingerprint density at radius 3 is 2.06 bits per heavy atom. The van der Waals surface area contributed by atoms with Crippen LogP contribution in [0, 0.1) is 0 Å². The minimum atomic E-state index is -4.68. The first-order valence-electron chi connectivity index (χ1n) is 4.69. The summed E-state index contributed by atoms with van der Waals surface area (Å²) < 4.78 is 73.6. The Labute approximate surface area is 104 Å². The van der Waals surface area contributed by atoms with Crippen molar-refractivity contribution in [1.29, 1.82) is 0 Å². The van der Waals surface area contributed by atoms with Gasteiger partial charge in [-0.2, -0.15) is 26.3 Å². The molecule has 0 amide bonds. The van der Waals surface area contributed by atoms with Crippen LogP contribution >= 0.6 is 11.6 Å². The van der Waals surface area contributed by atoms with Crippen molar-refractivity contribution in [2.45, 2.75) is 24.8 Å². The second-order valence-corrected chi connectivity index (χ2v) is 4.13. The number of hydrogen-bond acceptors (Lipinski definition) is 1. The number of alkyl halides is 6. The lowest BCUT2D eigenvalue weighted by Crippen LogP contribution is -2.20. The fourth-order valence-corrected chi connectivity index (χ4v) is 1.60. The van der Waals surface area contributed by atoms with Crippen LogP contribution in [0.15, 0.2) is 18.2 Å². The van der Waals surface area contributed by atoms with Crippen LogP contribution in [0.3, 0.4) is 0 Å². The lowest BCUT2D eigenvalue weighted by atomic mass is 10.0. The predicted molar refractivity (Wildman–Crippen MR) is 54.1 cm³/mol.